The number of rotatable bonds is 2. The molecule has 0 aromatic carbocycles. The topological polar surface area (TPSA) is 82.3 Å². The lowest BCUT2D eigenvalue weighted by atomic mass is 10.2. The number of fused-ring (bicyclic) bond motifs is 3. The average molecular weight is 371 g/mol. The normalized spacial score (nSPS) is 21.7. The van der Waals surface area contributed by atoms with Crippen molar-refractivity contribution >= 4 is 27.6 Å². The molecule has 4 heterocycles. The maximum atomic E-state index is 13.3. The zero-order valence-electron chi connectivity index (χ0n) is 12.7. The Kier molecular flexibility index (Phi) is 3.82. The van der Waals surface area contributed by atoms with Gasteiger partial charge in [0.1, 0.15) is 11.6 Å². The van der Waals surface area contributed by atoms with Gasteiger partial charge >= 0.3 is 6.18 Å². The Morgan fingerprint density at radius 1 is 1.20 bits per heavy atom. The van der Waals surface area contributed by atoms with Crippen LogP contribution in [0.1, 0.15) is 18.7 Å². The van der Waals surface area contributed by atoms with E-state index in [1.54, 1.807) is 12.1 Å². The molecule has 0 N–H and O–H groups in total. The highest BCUT2D eigenvalue weighted by molar-refractivity contribution is 7.85. The second-order valence-corrected chi connectivity index (χ2v) is 7.30. The van der Waals surface area contributed by atoms with Gasteiger partial charge in [0.15, 0.2) is 5.65 Å². The molecule has 3 aromatic heterocycles. The molecule has 25 heavy (non-hydrogen) atoms. The Hall–Kier alpha value is -2.30. The van der Waals surface area contributed by atoms with Crippen molar-refractivity contribution in [1.82, 2.24) is 24.6 Å². The second kappa shape index (κ2) is 5.90. The highest BCUT2D eigenvalue weighted by Gasteiger charge is 2.38. The number of halogens is 3. The summed E-state index contributed by atoms with van der Waals surface area (Å²) in [6, 6.07) is 3.12. The zero-order valence-corrected chi connectivity index (χ0v) is 13.5. The standard InChI is InChI=1S/C14H12F3N5O2S/c15-14(16,17)13-21-20-11-12(24-8-3-6-25(23)7-4-8)19-9-2-1-5-18-10(9)22(11)13/h1-2,5,8H,3-4,6-7H2. The summed E-state index contributed by atoms with van der Waals surface area (Å²) < 4.78 is 57.8. The van der Waals surface area contributed by atoms with Gasteiger partial charge in [-0.1, -0.05) is 0 Å². The van der Waals surface area contributed by atoms with E-state index in [-0.39, 0.29) is 28.8 Å². The van der Waals surface area contributed by atoms with E-state index in [9.17, 15) is 17.4 Å². The molecule has 1 aliphatic heterocycles. The molecule has 1 saturated heterocycles. The number of pyridine rings is 1. The Morgan fingerprint density at radius 3 is 2.68 bits per heavy atom. The minimum Gasteiger partial charge on any atom is -0.472 e. The van der Waals surface area contributed by atoms with Crippen molar-refractivity contribution in [1.29, 1.82) is 0 Å². The number of ether oxygens (including phenoxy) is 1. The summed E-state index contributed by atoms with van der Waals surface area (Å²) >= 11 is 0. The Bertz CT molecular complexity index is 964. The molecule has 0 radical (unpaired) electrons. The van der Waals surface area contributed by atoms with E-state index in [0.717, 1.165) is 4.40 Å². The van der Waals surface area contributed by atoms with Crippen LogP contribution >= 0.6 is 0 Å². The van der Waals surface area contributed by atoms with Gasteiger partial charge in [-0.3, -0.25) is 4.21 Å². The van der Waals surface area contributed by atoms with Crippen LogP contribution < -0.4 is 4.74 Å². The van der Waals surface area contributed by atoms with E-state index in [2.05, 4.69) is 20.2 Å². The molecule has 11 heteroatoms. The summed E-state index contributed by atoms with van der Waals surface area (Å²) in [5.74, 6) is -0.211. The summed E-state index contributed by atoms with van der Waals surface area (Å²) in [4.78, 5) is 8.24. The van der Waals surface area contributed by atoms with Gasteiger partial charge < -0.3 is 4.74 Å². The fourth-order valence-corrected chi connectivity index (χ4v) is 4.00. The van der Waals surface area contributed by atoms with Crippen molar-refractivity contribution in [2.24, 2.45) is 0 Å². The van der Waals surface area contributed by atoms with Gasteiger partial charge in [-0.2, -0.15) is 13.2 Å². The van der Waals surface area contributed by atoms with Crippen LogP contribution in [-0.4, -0.2) is 46.4 Å². The molecule has 3 aromatic rings. The molecule has 1 fully saturated rings. The molecule has 0 atom stereocenters. The summed E-state index contributed by atoms with van der Waals surface area (Å²) in [6.45, 7) is 0. The van der Waals surface area contributed by atoms with E-state index >= 15 is 0 Å². The third-order valence-corrected chi connectivity index (χ3v) is 5.30. The van der Waals surface area contributed by atoms with Crippen LogP contribution in [0.2, 0.25) is 0 Å². The van der Waals surface area contributed by atoms with Crippen molar-refractivity contribution in [2.45, 2.75) is 25.1 Å². The SMILES string of the molecule is O=S1CCC(Oc2nc3cccnc3n3c(C(F)(F)F)nnc23)CC1. The van der Waals surface area contributed by atoms with Gasteiger partial charge in [0.25, 0.3) is 5.88 Å². The van der Waals surface area contributed by atoms with Gasteiger partial charge in [0.05, 0.1) is 0 Å². The minimum atomic E-state index is -4.69. The van der Waals surface area contributed by atoms with Crippen LogP contribution in [0, 0.1) is 0 Å². The number of hydrogen-bond acceptors (Lipinski definition) is 6. The first-order chi connectivity index (χ1) is 11.9. The van der Waals surface area contributed by atoms with Gasteiger partial charge in [-0.25, -0.2) is 14.4 Å². The van der Waals surface area contributed by atoms with E-state index < -0.39 is 22.8 Å². The van der Waals surface area contributed by atoms with Crippen molar-refractivity contribution in [3.63, 3.8) is 0 Å². The van der Waals surface area contributed by atoms with E-state index in [1.165, 1.54) is 6.20 Å². The zero-order chi connectivity index (χ0) is 17.6. The van der Waals surface area contributed by atoms with Crippen molar-refractivity contribution in [3.05, 3.63) is 24.2 Å². The molecule has 0 aliphatic carbocycles. The molecule has 0 saturated carbocycles. The van der Waals surface area contributed by atoms with Gasteiger partial charge in [-0.05, 0) is 25.0 Å². The lowest BCUT2D eigenvalue weighted by Gasteiger charge is -2.22. The predicted octanol–water partition coefficient (Wildman–Crippen LogP) is 1.98. The molecule has 0 amide bonds. The van der Waals surface area contributed by atoms with E-state index in [0.29, 0.717) is 24.3 Å². The van der Waals surface area contributed by atoms with Crippen molar-refractivity contribution < 1.29 is 22.1 Å². The monoisotopic (exact) mass is 371 g/mol. The molecular formula is C14H12F3N5O2S. The average Bonchev–Trinajstić information content (AvgIpc) is 3.03. The lowest BCUT2D eigenvalue weighted by Crippen LogP contribution is -2.28. The summed E-state index contributed by atoms with van der Waals surface area (Å²) in [7, 11) is -0.868. The van der Waals surface area contributed by atoms with Crippen LogP contribution in [0.3, 0.4) is 0 Å². The number of aromatic nitrogens is 5. The maximum absolute atomic E-state index is 13.3. The van der Waals surface area contributed by atoms with Crippen LogP contribution in [0.4, 0.5) is 13.2 Å². The first-order valence-corrected chi connectivity index (χ1v) is 9.01. The number of hydrogen-bond donors (Lipinski definition) is 0. The molecular weight excluding hydrogens is 359 g/mol. The van der Waals surface area contributed by atoms with Crippen molar-refractivity contribution in [3.8, 4) is 5.88 Å². The van der Waals surface area contributed by atoms with Gasteiger partial charge in [0.2, 0.25) is 11.5 Å². The van der Waals surface area contributed by atoms with Crippen molar-refractivity contribution in [2.75, 3.05) is 11.5 Å². The van der Waals surface area contributed by atoms with Crippen LogP contribution in [0.15, 0.2) is 18.3 Å². The summed E-state index contributed by atoms with van der Waals surface area (Å²) in [6.07, 6.45) is -2.49. The quantitative estimate of drug-likeness (QED) is 0.685. The first-order valence-electron chi connectivity index (χ1n) is 7.52. The Labute approximate surface area is 141 Å². The summed E-state index contributed by atoms with van der Waals surface area (Å²) in [5, 5.41) is 6.88. The smallest absolute Gasteiger partial charge is 0.452 e. The highest BCUT2D eigenvalue weighted by Crippen LogP contribution is 2.32. The van der Waals surface area contributed by atoms with Crippen LogP contribution in [0.25, 0.3) is 16.8 Å². The molecule has 0 bridgehead atoms. The molecule has 1 aliphatic rings. The molecule has 4 rings (SSSR count). The fraction of sp³-hybridized carbons (Fsp3) is 0.429. The maximum Gasteiger partial charge on any atom is 0.452 e. The third kappa shape index (κ3) is 2.92. The van der Waals surface area contributed by atoms with E-state index in [4.69, 9.17) is 4.74 Å². The molecule has 0 unspecified atom stereocenters. The van der Waals surface area contributed by atoms with Gasteiger partial charge in [-0.15, -0.1) is 10.2 Å². The largest absolute Gasteiger partial charge is 0.472 e. The lowest BCUT2D eigenvalue weighted by molar-refractivity contribution is -0.145. The highest BCUT2D eigenvalue weighted by atomic mass is 32.2. The van der Waals surface area contributed by atoms with Crippen LogP contribution in [-0.2, 0) is 17.0 Å². The molecule has 7 nitrogen and oxygen atoms in total. The minimum absolute atomic E-state index is 0.00641. The second-order valence-electron chi connectivity index (χ2n) is 5.61. The summed E-state index contributed by atoms with van der Waals surface area (Å²) in [5.41, 5.74) is 0.117. The first kappa shape index (κ1) is 16.2. The number of nitrogens with zero attached hydrogens (tertiary/aromatic N) is 5. The molecule has 0 spiro atoms. The Balaban J connectivity index is 1.86. The molecule has 132 valence electrons. The van der Waals surface area contributed by atoms with Gasteiger partial charge in [0, 0.05) is 28.5 Å². The fourth-order valence-electron chi connectivity index (χ4n) is 2.74. The van der Waals surface area contributed by atoms with E-state index in [1.807, 2.05) is 0 Å². The predicted molar refractivity (Wildman–Crippen MR) is 82.6 cm³/mol. The third-order valence-electron chi connectivity index (χ3n) is 3.92. The number of alkyl halides is 3. The Morgan fingerprint density at radius 2 is 1.96 bits per heavy atom. The van der Waals surface area contributed by atoms with Crippen LogP contribution in [0.5, 0.6) is 5.88 Å².